The van der Waals surface area contributed by atoms with E-state index in [-0.39, 0.29) is 10.6 Å². The molecule has 0 saturated heterocycles. The molecule has 0 aromatic carbocycles. The second-order valence-electron chi connectivity index (χ2n) is 3.64. The zero-order valence-electron chi connectivity index (χ0n) is 9.47. The van der Waals surface area contributed by atoms with Gasteiger partial charge in [0, 0.05) is 16.6 Å². The van der Waals surface area contributed by atoms with Crippen LogP contribution in [-0.2, 0) is 6.54 Å². The van der Waals surface area contributed by atoms with Gasteiger partial charge in [-0.1, -0.05) is 11.3 Å². The molecule has 2 rings (SSSR count). The third kappa shape index (κ3) is 2.72. The number of nitrogens with zero attached hydrogens (tertiary/aromatic N) is 2. The van der Waals surface area contributed by atoms with Gasteiger partial charge in [-0.3, -0.25) is 14.9 Å². The minimum atomic E-state index is -0.470. The lowest BCUT2D eigenvalue weighted by Crippen LogP contribution is -2.05. The number of hydrogen-bond donors (Lipinski definition) is 2. The zero-order valence-corrected chi connectivity index (χ0v) is 10.3. The van der Waals surface area contributed by atoms with Crippen LogP contribution in [0.1, 0.15) is 11.3 Å². The first-order valence-electron chi connectivity index (χ1n) is 5.08. The summed E-state index contributed by atoms with van der Waals surface area (Å²) in [4.78, 5) is 27.6. The van der Waals surface area contributed by atoms with E-state index in [1.807, 2.05) is 0 Å². The number of aryl methyl sites for hydroxylation is 1. The minimum absolute atomic E-state index is 0.00973. The van der Waals surface area contributed by atoms with Gasteiger partial charge in [-0.15, -0.1) is 0 Å². The molecule has 2 heterocycles. The Kier molecular flexibility index (Phi) is 3.38. The standard InChI is InChI=1S/C10H10N4O3S/c1-6-2-9(12-4-8(6)14(16)17)11-3-7-5-18-10(15)13-7/h2,4-5H,3H2,1H3,(H,11,12)(H,13,15). The van der Waals surface area contributed by atoms with Crippen molar-refractivity contribution in [3.63, 3.8) is 0 Å². The Hall–Kier alpha value is -2.22. The summed E-state index contributed by atoms with van der Waals surface area (Å²) in [6, 6.07) is 1.60. The minimum Gasteiger partial charge on any atom is -0.364 e. The Morgan fingerprint density at radius 3 is 2.94 bits per heavy atom. The molecule has 8 heteroatoms. The van der Waals surface area contributed by atoms with E-state index in [9.17, 15) is 14.9 Å². The lowest BCUT2D eigenvalue weighted by Gasteiger charge is -2.04. The molecule has 0 bridgehead atoms. The number of nitro groups is 1. The van der Waals surface area contributed by atoms with Crippen LogP contribution in [0.25, 0.3) is 0 Å². The van der Waals surface area contributed by atoms with Crippen LogP contribution >= 0.6 is 11.3 Å². The fourth-order valence-electron chi connectivity index (χ4n) is 1.42. The van der Waals surface area contributed by atoms with E-state index in [1.54, 1.807) is 18.4 Å². The second kappa shape index (κ2) is 4.96. The molecule has 0 aliphatic rings. The largest absolute Gasteiger partial charge is 0.364 e. The van der Waals surface area contributed by atoms with Gasteiger partial charge in [-0.2, -0.15) is 0 Å². The number of nitrogens with one attached hydrogen (secondary N) is 2. The van der Waals surface area contributed by atoms with Crippen molar-refractivity contribution in [2.75, 3.05) is 5.32 Å². The van der Waals surface area contributed by atoms with Crippen LogP contribution in [0.15, 0.2) is 22.4 Å². The zero-order chi connectivity index (χ0) is 13.1. The second-order valence-corrected chi connectivity index (χ2v) is 4.48. The summed E-state index contributed by atoms with van der Waals surface area (Å²) in [6.45, 7) is 2.07. The van der Waals surface area contributed by atoms with Crippen LogP contribution < -0.4 is 10.2 Å². The maximum atomic E-state index is 10.9. The van der Waals surface area contributed by atoms with Crippen LogP contribution in [0.5, 0.6) is 0 Å². The van der Waals surface area contributed by atoms with Gasteiger partial charge < -0.3 is 10.3 Å². The molecule has 18 heavy (non-hydrogen) atoms. The molecule has 0 saturated carbocycles. The Morgan fingerprint density at radius 1 is 1.61 bits per heavy atom. The molecule has 0 unspecified atom stereocenters. The highest BCUT2D eigenvalue weighted by Gasteiger charge is 2.11. The van der Waals surface area contributed by atoms with Gasteiger partial charge in [-0.05, 0) is 13.0 Å². The van der Waals surface area contributed by atoms with Crippen molar-refractivity contribution in [2.45, 2.75) is 13.5 Å². The molecule has 0 spiro atoms. The topological polar surface area (TPSA) is 101 Å². The quantitative estimate of drug-likeness (QED) is 0.647. The third-order valence-corrected chi connectivity index (χ3v) is 3.03. The van der Waals surface area contributed by atoms with Gasteiger partial charge in [0.25, 0.3) is 5.69 Å². The van der Waals surface area contributed by atoms with E-state index in [4.69, 9.17) is 0 Å². The summed E-state index contributed by atoms with van der Waals surface area (Å²) in [5.74, 6) is 0.533. The van der Waals surface area contributed by atoms with Crippen molar-refractivity contribution in [1.29, 1.82) is 0 Å². The smallest absolute Gasteiger partial charge is 0.304 e. The van der Waals surface area contributed by atoms with Gasteiger partial charge in [0.15, 0.2) is 0 Å². The summed E-state index contributed by atoms with van der Waals surface area (Å²) in [7, 11) is 0. The van der Waals surface area contributed by atoms with E-state index < -0.39 is 4.92 Å². The predicted molar refractivity (Wildman–Crippen MR) is 67.9 cm³/mol. The number of rotatable bonds is 4. The lowest BCUT2D eigenvalue weighted by atomic mass is 10.2. The summed E-state index contributed by atoms with van der Waals surface area (Å²) in [5.41, 5.74) is 1.28. The van der Waals surface area contributed by atoms with E-state index in [2.05, 4.69) is 15.3 Å². The maximum Gasteiger partial charge on any atom is 0.304 e. The Morgan fingerprint density at radius 2 is 2.39 bits per heavy atom. The van der Waals surface area contributed by atoms with E-state index in [0.29, 0.717) is 17.9 Å². The Labute approximate surface area is 106 Å². The highest BCUT2D eigenvalue weighted by atomic mass is 32.1. The van der Waals surface area contributed by atoms with E-state index in [1.165, 1.54) is 6.20 Å². The number of thiazole rings is 1. The summed E-state index contributed by atoms with van der Waals surface area (Å²) in [6.07, 6.45) is 1.22. The van der Waals surface area contributed by atoms with Crippen LogP contribution in [0.2, 0.25) is 0 Å². The van der Waals surface area contributed by atoms with Crippen molar-refractivity contribution in [2.24, 2.45) is 0 Å². The van der Waals surface area contributed by atoms with Crippen molar-refractivity contribution in [1.82, 2.24) is 9.97 Å². The predicted octanol–water partition coefficient (Wildman–Crippen LogP) is 1.66. The number of aromatic amines is 1. The number of H-pyrrole nitrogens is 1. The molecule has 0 fully saturated rings. The first-order valence-corrected chi connectivity index (χ1v) is 5.96. The molecule has 94 valence electrons. The average Bonchev–Trinajstić information content (AvgIpc) is 2.72. The van der Waals surface area contributed by atoms with Gasteiger partial charge in [0.05, 0.1) is 11.5 Å². The summed E-state index contributed by atoms with van der Waals surface area (Å²) < 4.78 is 0. The Balaban J connectivity index is 2.08. The normalized spacial score (nSPS) is 10.3. The summed E-state index contributed by atoms with van der Waals surface area (Å²) in [5, 5.41) is 15.3. The van der Waals surface area contributed by atoms with E-state index >= 15 is 0 Å². The number of anilines is 1. The number of hydrogen-bond acceptors (Lipinski definition) is 6. The van der Waals surface area contributed by atoms with Crippen molar-refractivity contribution in [3.05, 3.63) is 48.7 Å². The molecular weight excluding hydrogens is 256 g/mol. The number of aromatic nitrogens is 2. The molecule has 2 N–H and O–H groups in total. The van der Waals surface area contributed by atoms with Crippen LogP contribution in [0.4, 0.5) is 11.5 Å². The van der Waals surface area contributed by atoms with Gasteiger partial charge in [0.1, 0.15) is 12.0 Å². The van der Waals surface area contributed by atoms with Crippen LogP contribution in [0.3, 0.4) is 0 Å². The first-order chi connectivity index (χ1) is 8.56. The first kappa shape index (κ1) is 12.2. The van der Waals surface area contributed by atoms with Crippen LogP contribution in [0, 0.1) is 17.0 Å². The van der Waals surface area contributed by atoms with Gasteiger partial charge in [0.2, 0.25) is 0 Å². The van der Waals surface area contributed by atoms with E-state index in [0.717, 1.165) is 17.0 Å². The molecule has 2 aromatic rings. The fourth-order valence-corrected chi connectivity index (χ4v) is 2.00. The van der Waals surface area contributed by atoms with Gasteiger partial charge >= 0.3 is 4.87 Å². The molecule has 0 radical (unpaired) electrons. The van der Waals surface area contributed by atoms with Crippen molar-refractivity contribution < 1.29 is 4.92 Å². The molecule has 0 atom stereocenters. The average molecular weight is 266 g/mol. The molecule has 0 amide bonds. The van der Waals surface area contributed by atoms with Crippen molar-refractivity contribution >= 4 is 22.8 Å². The SMILES string of the molecule is Cc1cc(NCc2csc(=O)[nH]2)ncc1[N+](=O)[O-]. The maximum absolute atomic E-state index is 10.9. The molecular formula is C10H10N4O3S. The highest BCUT2D eigenvalue weighted by Crippen LogP contribution is 2.18. The van der Waals surface area contributed by atoms with Gasteiger partial charge in [-0.25, -0.2) is 4.98 Å². The third-order valence-electron chi connectivity index (χ3n) is 2.31. The number of pyridine rings is 1. The molecule has 7 nitrogen and oxygen atoms in total. The fraction of sp³-hybridized carbons (Fsp3) is 0.200. The van der Waals surface area contributed by atoms with Crippen LogP contribution in [-0.4, -0.2) is 14.9 Å². The molecule has 2 aromatic heterocycles. The molecule has 0 aliphatic carbocycles. The highest BCUT2D eigenvalue weighted by molar-refractivity contribution is 7.07. The molecule has 0 aliphatic heterocycles. The monoisotopic (exact) mass is 266 g/mol. The lowest BCUT2D eigenvalue weighted by molar-refractivity contribution is -0.385. The Bertz CT molecular complexity index is 634. The van der Waals surface area contributed by atoms with Crippen molar-refractivity contribution in [3.8, 4) is 0 Å². The summed E-state index contributed by atoms with van der Waals surface area (Å²) >= 11 is 1.09.